The van der Waals surface area contributed by atoms with E-state index in [4.69, 9.17) is 16.7 Å². The molecule has 0 amide bonds. The van der Waals surface area contributed by atoms with Crippen molar-refractivity contribution in [2.75, 3.05) is 28.2 Å². The predicted molar refractivity (Wildman–Crippen MR) is 64.4 cm³/mol. The standard InChI is InChI=1S/C8H13N5O.F5P.FH/c1-10-7(6-9)11-14-8(12(2)3)13(4)5;1-6(2,3,4)5;/h8H,2-5H3;;1H/p-1/b11-7-;;. The van der Waals surface area contributed by atoms with Gasteiger partial charge in [-0.3, -0.25) is 14.6 Å². The maximum atomic E-state index is 9.84. The minimum atomic E-state index is -8.55. The Kier molecular flexibility index (Phi) is 10.9. The topological polar surface area (TPSA) is 56.2 Å². The largest absolute Gasteiger partial charge is 1.00 e. The summed E-state index contributed by atoms with van der Waals surface area (Å²) < 4.78 is 49.2. The third kappa shape index (κ3) is 20.8. The number of amidine groups is 1. The SMILES string of the molecule is FP(F)(F)(F)F.[C-]#[N+]/C(C#N)=N\OC(N(C)C)N(C)C.[F-]. The second-order valence-corrected chi connectivity index (χ2v) is 4.91. The van der Waals surface area contributed by atoms with Crippen molar-refractivity contribution in [2.45, 2.75) is 6.35 Å². The second kappa shape index (κ2) is 9.34. The number of nitrogens with zero attached hydrogens (tertiary/aromatic N) is 5. The van der Waals surface area contributed by atoms with Crippen molar-refractivity contribution in [3.63, 3.8) is 0 Å². The summed E-state index contributed by atoms with van der Waals surface area (Å²) in [5.41, 5.74) is 0. The van der Waals surface area contributed by atoms with Crippen molar-refractivity contribution in [3.8, 4) is 6.07 Å². The number of nitriles is 1. The molecule has 21 heavy (non-hydrogen) atoms. The van der Waals surface area contributed by atoms with Crippen LogP contribution in [0, 0.1) is 17.9 Å². The Morgan fingerprint density at radius 3 is 1.71 bits per heavy atom. The molecule has 0 spiro atoms. The molecule has 0 rings (SSSR count). The van der Waals surface area contributed by atoms with Gasteiger partial charge in [0.25, 0.3) is 6.35 Å². The van der Waals surface area contributed by atoms with Gasteiger partial charge < -0.3 is 9.55 Å². The van der Waals surface area contributed by atoms with Crippen LogP contribution in [0.15, 0.2) is 5.16 Å². The van der Waals surface area contributed by atoms with Crippen molar-refractivity contribution >= 4 is 14.0 Å². The second-order valence-electron chi connectivity index (χ2n) is 3.64. The van der Waals surface area contributed by atoms with Crippen LogP contribution in [0.2, 0.25) is 0 Å². The number of hydrogen-bond acceptors (Lipinski definition) is 5. The molecule has 0 aromatic heterocycles. The van der Waals surface area contributed by atoms with E-state index in [0.717, 1.165) is 0 Å². The maximum Gasteiger partial charge on any atom is 0.392 e. The van der Waals surface area contributed by atoms with Crippen LogP contribution in [0.4, 0.5) is 21.0 Å². The summed E-state index contributed by atoms with van der Waals surface area (Å²) in [5.74, 6) is -0.307. The minimum Gasteiger partial charge on any atom is -1.00 e. The van der Waals surface area contributed by atoms with E-state index in [1.807, 2.05) is 28.2 Å². The molecule has 0 heterocycles. The van der Waals surface area contributed by atoms with E-state index >= 15 is 0 Å². The molecule has 0 saturated heterocycles. The first-order valence-corrected chi connectivity index (χ1v) is 6.40. The predicted octanol–water partition coefficient (Wildman–Crippen LogP) is 0.132. The van der Waals surface area contributed by atoms with Crippen LogP contribution in [0.3, 0.4) is 0 Å². The Balaban J connectivity index is -0.000000394. The van der Waals surface area contributed by atoms with E-state index in [9.17, 15) is 21.0 Å². The first-order chi connectivity index (χ1) is 8.76. The van der Waals surface area contributed by atoms with Gasteiger partial charge in [-0.25, -0.2) is 5.26 Å². The molecule has 0 aliphatic carbocycles. The van der Waals surface area contributed by atoms with E-state index in [1.165, 1.54) is 0 Å². The van der Waals surface area contributed by atoms with Gasteiger partial charge in [-0.05, 0) is 28.2 Å². The number of hydrogen-bond donors (Lipinski definition) is 0. The van der Waals surface area contributed by atoms with Crippen molar-refractivity contribution in [3.05, 3.63) is 11.4 Å². The van der Waals surface area contributed by atoms with Gasteiger partial charge in [0.05, 0.1) is 5.16 Å². The molecule has 0 N–H and O–H groups in total. The van der Waals surface area contributed by atoms with Gasteiger partial charge >= 0.3 is 35.0 Å². The van der Waals surface area contributed by atoms with Crippen molar-refractivity contribution < 1.29 is 30.5 Å². The molecule has 124 valence electrons. The van der Waals surface area contributed by atoms with Crippen LogP contribution in [0.1, 0.15) is 0 Å². The summed E-state index contributed by atoms with van der Waals surface area (Å²) >= 11 is 0. The Morgan fingerprint density at radius 1 is 1.19 bits per heavy atom. The first-order valence-electron chi connectivity index (χ1n) is 4.71. The molecule has 0 atom stereocenters. The van der Waals surface area contributed by atoms with Crippen LogP contribution in [-0.4, -0.2) is 50.2 Å². The Morgan fingerprint density at radius 2 is 1.52 bits per heavy atom. The zero-order valence-corrected chi connectivity index (χ0v) is 12.3. The van der Waals surface area contributed by atoms with Crippen LogP contribution in [0.5, 0.6) is 0 Å². The van der Waals surface area contributed by atoms with E-state index in [2.05, 4.69) is 10.0 Å². The van der Waals surface area contributed by atoms with E-state index < -0.39 is 8.16 Å². The van der Waals surface area contributed by atoms with Gasteiger partial charge in [-0.1, -0.05) is 6.57 Å². The first kappa shape index (κ1) is 24.4. The van der Waals surface area contributed by atoms with E-state index in [1.54, 1.807) is 15.9 Å². The van der Waals surface area contributed by atoms with Gasteiger partial charge in [0.1, 0.15) is 6.07 Å². The van der Waals surface area contributed by atoms with Crippen LogP contribution >= 0.6 is 8.16 Å². The molecule has 0 bridgehead atoms. The molecule has 0 aliphatic rings. The van der Waals surface area contributed by atoms with Gasteiger partial charge in [0.15, 0.2) is 0 Å². The maximum absolute atomic E-state index is 9.84. The zero-order chi connectivity index (χ0) is 16.6. The zero-order valence-electron chi connectivity index (χ0n) is 11.4. The molecule has 0 fully saturated rings. The summed E-state index contributed by atoms with van der Waals surface area (Å²) in [6.07, 6.45) is -0.389. The van der Waals surface area contributed by atoms with Gasteiger partial charge in [-0.15, -0.1) is 0 Å². The molecule has 0 aromatic carbocycles. The fraction of sp³-hybridized carbons (Fsp3) is 0.625. The summed E-state index contributed by atoms with van der Waals surface area (Å²) in [5, 5.41) is 11.8. The number of oxime groups is 1. The molecule has 0 saturated carbocycles. The average Bonchev–Trinajstić information content (AvgIpc) is 2.19. The molecule has 0 aromatic rings. The summed E-state index contributed by atoms with van der Waals surface area (Å²) in [6, 6.07) is 1.62. The van der Waals surface area contributed by atoms with Crippen molar-refractivity contribution in [1.82, 2.24) is 9.80 Å². The third-order valence-electron chi connectivity index (χ3n) is 1.32. The summed E-state index contributed by atoms with van der Waals surface area (Å²) in [4.78, 5) is 11.4. The molecule has 0 radical (unpaired) electrons. The van der Waals surface area contributed by atoms with Crippen LogP contribution in [0.25, 0.3) is 4.85 Å². The third-order valence-corrected chi connectivity index (χ3v) is 1.32. The van der Waals surface area contributed by atoms with E-state index in [-0.39, 0.29) is 16.9 Å². The van der Waals surface area contributed by atoms with E-state index in [0.29, 0.717) is 0 Å². The Hall–Kier alpha value is -1.62. The van der Waals surface area contributed by atoms with Crippen LogP contribution in [-0.2, 0) is 4.84 Å². The fourth-order valence-electron chi connectivity index (χ4n) is 0.813. The summed E-state index contributed by atoms with van der Waals surface area (Å²) in [7, 11) is -1.31. The molecule has 13 heteroatoms. The minimum absolute atomic E-state index is 0. The normalized spacial score (nSPS) is 13.2. The monoisotopic (exact) mass is 340 g/mol. The molecular formula is C8H13F6N5OP-. The molecule has 0 aliphatic heterocycles. The molecular weight excluding hydrogens is 327 g/mol. The Bertz CT molecular complexity index is 381. The Labute approximate surface area is 118 Å². The van der Waals surface area contributed by atoms with Crippen LogP contribution < -0.4 is 4.70 Å². The van der Waals surface area contributed by atoms with Gasteiger partial charge in [0, 0.05) is 0 Å². The van der Waals surface area contributed by atoms with Crippen molar-refractivity contribution in [1.29, 1.82) is 5.26 Å². The van der Waals surface area contributed by atoms with Crippen molar-refractivity contribution in [2.24, 2.45) is 5.16 Å². The molecule has 0 unspecified atom stereocenters. The van der Waals surface area contributed by atoms with Gasteiger partial charge in [0.2, 0.25) is 0 Å². The number of halogens is 6. The smallest absolute Gasteiger partial charge is 0.392 e. The quantitative estimate of drug-likeness (QED) is 0.139. The average molecular weight is 340 g/mol. The van der Waals surface area contributed by atoms with Gasteiger partial charge in [-0.2, -0.15) is 0 Å². The number of rotatable bonds is 4. The summed E-state index contributed by atoms with van der Waals surface area (Å²) in [6.45, 7) is 6.58. The molecule has 6 nitrogen and oxygen atoms in total. The fourth-order valence-corrected chi connectivity index (χ4v) is 0.813.